The van der Waals surface area contributed by atoms with Crippen LogP contribution in [0.3, 0.4) is 0 Å². The average Bonchev–Trinajstić information content (AvgIpc) is 2.13. The van der Waals surface area contributed by atoms with Crippen molar-refractivity contribution in [2.45, 2.75) is 18.1 Å². The fraction of sp³-hybridized carbons (Fsp3) is 1.00. The summed E-state index contributed by atoms with van der Waals surface area (Å²) < 4.78 is 16.1. The summed E-state index contributed by atoms with van der Waals surface area (Å²) in [5.41, 5.74) is 0. The number of hydrogen-bond donors (Lipinski definition) is 0. The van der Waals surface area contributed by atoms with E-state index in [-0.39, 0.29) is 6.10 Å². The van der Waals surface area contributed by atoms with Crippen LogP contribution in [-0.4, -0.2) is 62.6 Å². The lowest BCUT2D eigenvalue weighted by atomic mass is 10.2. The van der Waals surface area contributed by atoms with Crippen LogP contribution < -0.4 is 0 Å². The van der Waals surface area contributed by atoms with Crippen molar-refractivity contribution in [1.82, 2.24) is 4.90 Å². The first-order chi connectivity index (χ1) is 6.08. The Balaban J connectivity index is 4.71. The van der Waals surface area contributed by atoms with Gasteiger partial charge in [-0.2, -0.15) is 0 Å². The van der Waals surface area contributed by atoms with Gasteiger partial charge in [-0.3, -0.25) is 4.90 Å². The van der Waals surface area contributed by atoms with E-state index in [0.717, 1.165) is 16.3 Å². The number of nitrogens with zero attached hydrogens (tertiary/aromatic N) is 1. The summed E-state index contributed by atoms with van der Waals surface area (Å²) in [4.78, 5) is 1.89. The van der Waals surface area contributed by atoms with E-state index in [9.17, 15) is 0 Å². The highest BCUT2D eigenvalue weighted by Crippen LogP contribution is 2.23. The highest BCUT2D eigenvalue weighted by atomic mass is 28.1. The molecule has 0 rings (SSSR count). The summed E-state index contributed by atoms with van der Waals surface area (Å²) in [6.07, 6.45) is -0.0378. The normalized spacial score (nSPS) is 15.2. The van der Waals surface area contributed by atoms with Gasteiger partial charge in [0.1, 0.15) is 6.10 Å². The Morgan fingerprint density at radius 1 is 1.23 bits per heavy atom. The number of methoxy groups -OCH3 is 3. The lowest BCUT2D eigenvalue weighted by molar-refractivity contribution is -0.326. The maximum Gasteiger partial charge on any atom is 0.256 e. The Kier molecular flexibility index (Phi) is 5.74. The van der Waals surface area contributed by atoms with Crippen molar-refractivity contribution in [2.75, 3.05) is 35.4 Å². The van der Waals surface area contributed by atoms with Gasteiger partial charge >= 0.3 is 0 Å². The molecule has 0 heterocycles. The Morgan fingerprint density at radius 2 is 1.69 bits per heavy atom. The minimum absolute atomic E-state index is 0.0378. The van der Waals surface area contributed by atoms with Crippen molar-refractivity contribution in [3.63, 3.8) is 0 Å². The second-order valence-electron chi connectivity index (χ2n) is 3.07. The highest BCUT2D eigenvalue weighted by molar-refractivity contribution is 6.08. The summed E-state index contributed by atoms with van der Waals surface area (Å²) in [5.74, 6) is -0.753. The first-order valence-corrected chi connectivity index (χ1v) is 5.80. The molecule has 0 bridgehead atoms. The van der Waals surface area contributed by atoms with Crippen molar-refractivity contribution in [3.8, 4) is 0 Å². The summed E-state index contributed by atoms with van der Waals surface area (Å²) in [5, 5.41) is 0. The lowest BCUT2D eigenvalue weighted by Gasteiger charge is -2.41. The van der Waals surface area contributed by atoms with Gasteiger partial charge < -0.3 is 14.2 Å². The molecule has 1 atom stereocenters. The standard InChI is InChI=1S/C8H21NO3Si/c1-9(2)8(11-4,12-5)7(6-13)10-3/h7H,6H2,1-5,13H3. The summed E-state index contributed by atoms with van der Waals surface area (Å²) in [6.45, 7) is 0. The summed E-state index contributed by atoms with van der Waals surface area (Å²) in [7, 11) is 9.82. The Hall–Kier alpha value is 0.0569. The third kappa shape index (κ3) is 2.51. The zero-order valence-corrected chi connectivity index (χ0v) is 11.5. The van der Waals surface area contributed by atoms with Crippen molar-refractivity contribution in [3.05, 3.63) is 0 Å². The van der Waals surface area contributed by atoms with Crippen LogP contribution in [0.25, 0.3) is 0 Å². The number of ether oxygens (including phenoxy) is 3. The smallest absolute Gasteiger partial charge is 0.256 e. The van der Waals surface area contributed by atoms with Crippen molar-refractivity contribution >= 4 is 10.2 Å². The lowest BCUT2D eigenvalue weighted by Crippen LogP contribution is -2.57. The second-order valence-corrected chi connectivity index (χ2v) is 3.88. The van der Waals surface area contributed by atoms with Crippen molar-refractivity contribution < 1.29 is 14.2 Å². The van der Waals surface area contributed by atoms with Gasteiger partial charge in [-0.15, -0.1) is 0 Å². The highest BCUT2D eigenvalue weighted by Gasteiger charge is 2.41. The predicted octanol–water partition coefficient (Wildman–Crippen LogP) is -0.707. The van der Waals surface area contributed by atoms with Gasteiger partial charge in [0.15, 0.2) is 0 Å². The zero-order valence-electron chi connectivity index (χ0n) is 9.46. The van der Waals surface area contributed by atoms with Crippen molar-refractivity contribution in [2.24, 2.45) is 0 Å². The van der Waals surface area contributed by atoms with Crippen LogP contribution in [0.1, 0.15) is 0 Å². The fourth-order valence-corrected chi connectivity index (χ4v) is 2.42. The molecule has 0 aromatic heterocycles. The molecule has 0 spiro atoms. The van der Waals surface area contributed by atoms with Gasteiger partial charge in [-0.1, -0.05) is 0 Å². The van der Waals surface area contributed by atoms with E-state index in [1.54, 1.807) is 21.3 Å². The molecule has 0 aliphatic heterocycles. The van der Waals surface area contributed by atoms with E-state index in [4.69, 9.17) is 14.2 Å². The monoisotopic (exact) mass is 207 g/mol. The molecule has 0 aliphatic rings. The minimum atomic E-state index is -0.753. The molecule has 1 unspecified atom stereocenters. The van der Waals surface area contributed by atoms with Gasteiger partial charge in [0.05, 0.1) is 0 Å². The molecule has 0 N–H and O–H groups in total. The fourth-order valence-electron chi connectivity index (χ4n) is 1.57. The molecule has 0 saturated carbocycles. The van der Waals surface area contributed by atoms with E-state index in [0.29, 0.717) is 0 Å². The molecule has 0 aromatic carbocycles. The predicted molar refractivity (Wildman–Crippen MR) is 56.0 cm³/mol. The molecular formula is C8H21NO3Si. The molecule has 0 amide bonds. The minimum Gasteiger partial charge on any atom is -0.375 e. The Bertz CT molecular complexity index is 135. The van der Waals surface area contributed by atoms with E-state index >= 15 is 0 Å². The zero-order chi connectivity index (χ0) is 10.5. The molecule has 4 nitrogen and oxygen atoms in total. The third-order valence-electron chi connectivity index (χ3n) is 2.27. The number of likely N-dealkylation sites (N-methyl/N-ethyl adjacent to an activating group) is 1. The first-order valence-electron chi connectivity index (χ1n) is 4.39. The number of rotatable bonds is 6. The molecule has 80 valence electrons. The molecule has 0 saturated heterocycles. The Labute approximate surface area is 83.6 Å². The van der Waals surface area contributed by atoms with Crippen LogP contribution in [0, 0.1) is 0 Å². The van der Waals surface area contributed by atoms with Gasteiger partial charge in [0, 0.05) is 31.6 Å². The molecule has 0 radical (unpaired) electrons. The van der Waals surface area contributed by atoms with E-state index < -0.39 is 5.91 Å². The molecule has 5 heteroatoms. The topological polar surface area (TPSA) is 30.9 Å². The summed E-state index contributed by atoms with van der Waals surface area (Å²) in [6, 6.07) is 0.969. The van der Waals surface area contributed by atoms with E-state index in [1.165, 1.54) is 0 Å². The van der Waals surface area contributed by atoms with Crippen LogP contribution in [-0.2, 0) is 14.2 Å². The van der Waals surface area contributed by atoms with Crippen molar-refractivity contribution in [1.29, 1.82) is 0 Å². The Morgan fingerprint density at radius 3 is 1.77 bits per heavy atom. The van der Waals surface area contributed by atoms with Crippen LogP contribution in [0.2, 0.25) is 6.04 Å². The van der Waals surface area contributed by atoms with Crippen LogP contribution in [0.5, 0.6) is 0 Å². The van der Waals surface area contributed by atoms with Gasteiger partial charge in [0.2, 0.25) is 0 Å². The third-order valence-corrected chi connectivity index (χ3v) is 3.01. The molecular weight excluding hydrogens is 186 g/mol. The molecule has 13 heavy (non-hydrogen) atoms. The summed E-state index contributed by atoms with van der Waals surface area (Å²) >= 11 is 0. The van der Waals surface area contributed by atoms with Crippen LogP contribution in [0.4, 0.5) is 0 Å². The maximum absolute atomic E-state index is 5.39. The molecule has 0 fully saturated rings. The van der Waals surface area contributed by atoms with Crippen LogP contribution in [0.15, 0.2) is 0 Å². The van der Waals surface area contributed by atoms with E-state index in [2.05, 4.69) is 0 Å². The largest absolute Gasteiger partial charge is 0.375 e. The quantitative estimate of drug-likeness (QED) is 0.425. The number of hydrogen-bond acceptors (Lipinski definition) is 4. The first kappa shape index (κ1) is 13.1. The van der Waals surface area contributed by atoms with Gasteiger partial charge in [-0.05, 0) is 20.1 Å². The molecule has 0 aromatic rings. The SMILES string of the molecule is COC(C[SiH3])C(OC)(OC)N(C)C. The second kappa shape index (κ2) is 5.72. The van der Waals surface area contributed by atoms with Gasteiger partial charge in [-0.25, -0.2) is 0 Å². The van der Waals surface area contributed by atoms with E-state index in [1.807, 2.05) is 19.0 Å². The van der Waals surface area contributed by atoms with Crippen LogP contribution >= 0.6 is 0 Å². The van der Waals surface area contributed by atoms with Gasteiger partial charge in [0.25, 0.3) is 5.91 Å². The molecule has 0 aliphatic carbocycles. The average molecular weight is 207 g/mol. The maximum atomic E-state index is 5.39.